The van der Waals surface area contributed by atoms with Gasteiger partial charge in [-0.25, -0.2) is 0 Å². The highest BCUT2D eigenvalue weighted by Crippen LogP contribution is 2.25. The van der Waals surface area contributed by atoms with Crippen LogP contribution in [0.2, 0.25) is 0 Å². The fourth-order valence-electron chi connectivity index (χ4n) is 1.16. The fraction of sp³-hybridized carbons (Fsp3) is 0.400. The Labute approximate surface area is 97.3 Å². The molecule has 0 saturated carbocycles. The van der Waals surface area contributed by atoms with E-state index >= 15 is 0 Å². The summed E-state index contributed by atoms with van der Waals surface area (Å²) in [6.45, 7) is 1.47. The van der Waals surface area contributed by atoms with E-state index in [0.29, 0.717) is 5.75 Å². The van der Waals surface area contributed by atoms with Gasteiger partial charge in [-0.3, -0.25) is 10.1 Å². The molecule has 0 amide bonds. The highest BCUT2D eigenvalue weighted by molar-refractivity contribution is 7.99. The normalized spacial score (nSPS) is 12.4. The van der Waals surface area contributed by atoms with E-state index in [2.05, 4.69) is 0 Å². The molecule has 0 saturated heterocycles. The van der Waals surface area contributed by atoms with E-state index in [9.17, 15) is 10.1 Å². The number of nitro groups is 1. The number of hydrogen-bond donors (Lipinski definition) is 2. The largest absolute Gasteiger partial charge is 0.394 e. The number of aliphatic hydroxyl groups excluding tert-OH is 2. The van der Waals surface area contributed by atoms with Crippen LogP contribution in [0.3, 0.4) is 0 Å². The summed E-state index contributed by atoms with van der Waals surface area (Å²) in [4.78, 5) is 10.9. The number of thioether (sulfide) groups is 1. The molecule has 2 N–H and O–H groups in total. The summed E-state index contributed by atoms with van der Waals surface area (Å²) in [5.74, 6) is 0.317. The van der Waals surface area contributed by atoms with Crippen molar-refractivity contribution < 1.29 is 15.1 Å². The first-order valence-electron chi connectivity index (χ1n) is 4.70. The monoisotopic (exact) mass is 243 g/mol. The van der Waals surface area contributed by atoms with Crippen molar-refractivity contribution in [1.82, 2.24) is 0 Å². The number of benzene rings is 1. The molecule has 0 aliphatic carbocycles. The van der Waals surface area contributed by atoms with Crippen molar-refractivity contribution in [3.8, 4) is 0 Å². The molecule has 88 valence electrons. The van der Waals surface area contributed by atoms with Crippen LogP contribution in [-0.2, 0) is 0 Å². The van der Waals surface area contributed by atoms with E-state index in [0.717, 1.165) is 10.5 Å². The third-order valence-electron chi connectivity index (χ3n) is 1.90. The highest BCUT2D eigenvalue weighted by atomic mass is 32.2. The molecule has 1 aromatic rings. The van der Waals surface area contributed by atoms with Crippen LogP contribution in [0.15, 0.2) is 23.1 Å². The van der Waals surface area contributed by atoms with Crippen molar-refractivity contribution in [1.29, 1.82) is 0 Å². The first-order chi connectivity index (χ1) is 7.52. The molecular weight excluding hydrogens is 230 g/mol. The summed E-state index contributed by atoms with van der Waals surface area (Å²) in [7, 11) is 0. The molecule has 1 unspecified atom stereocenters. The highest BCUT2D eigenvalue weighted by Gasteiger charge is 2.09. The molecule has 1 rings (SSSR count). The molecule has 6 heteroatoms. The number of rotatable bonds is 5. The third kappa shape index (κ3) is 3.80. The van der Waals surface area contributed by atoms with Gasteiger partial charge in [0, 0.05) is 22.8 Å². The average molecular weight is 243 g/mol. The van der Waals surface area contributed by atoms with E-state index < -0.39 is 11.0 Å². The van der Waals surface area contributed by atoms with Crippen LogP contribution in [0.1, 0.15) is 5.56 Å². The van der Waals surface area contributed by atoms with Crippen LogP contribution in [0.4, 0.5) is 5.69 Å². The minimum Gasteiger partial charge on any atom is -0.394 e. The topological polar surface area (TPSA) is 83.6 Å². The summed E-state index contributed by atoms with van der Waals surface area (Å²) in [5.41, 5.74) is 0.844. The average Bonchev–Trinajstić information content (AvgIpc) is 2.25. The summed E-state index contributed by atoms with van der Waals surface area (Å²) in [5, 5.41) is 28.4. The van der Waals surface area contributed by atoms with Crippen molar-refractivity contribution in [3.63, 3.8) is 0 Å². The Bertz CT molecular complexity index is 383. The van der Waals surface area contributed by atoms with Crippen molar-refractivity contribution in [2.75, 3.05) is 12.4 Å². The van der Waals surface area contributed by atoms with Gasteiger partial charge in [0.2, 0.25) is 0 Å². The summed E-state index contributed by atoms with van der Waals surface area (Å²) in [6, 6.07) is 4.76. The Kier molecular flexibility index (Phi) is 4.72. The van der Waals surface area contributed by atoms with Crippen LogP contribution >= 0.6 is 11.8 Å². The van der Waals surface area contributed by atoms with Gasteiger partial charge >= 0.3 is 0 Å². The molecule has 0 aliphatic rings. The van der Waals surface area contributed by atoms with Gasteiger partial charge < -0.3 is 10.2 Å². The summed E-state index contributed by atoms with van der Waals surface area (Å²) >= 11 is 1.28. The SMILES string of the molecule is Cc1cc(SCC(O)CO)cc([N+](=O)[O-])c1. The molecule has 0 heterocycles. The number of aryl methyl sites for hydroxylation is 1. The zero-order chi connectivity index (χ0) is 12.1. The zero-order valence-corrected chi connectivity index (χ0v) is 9.61. The zero-order valence-electron chi connectivity index (χ0n) is 8.79. The predicted molar refractivity (Wildman–Crippen MR) is 61.7 cm³/mol. The van der Waals surface area contributed by atoms with Crippen LogP contribution in [0.5, 0.6) is 0 Å². The second-order valence-corrected chi connectivity index (χ2v) is 4.50. The van der Waals surface area contributed by atoms with Crippen LogP contribution < -0.4 is 0 Å². The predicted octanol–water partition coefficient (Wildman–Crippen LogP) is 1.35. The van der Waals surface area contributed by atoms with E-state index in [1.54, 1.807) is 6.92 Å². The molecule has 0 aromatic heterocycles. The summed E-state index contributed by atoms with van der Waals surface area (Å²) in [6.07, 6.45) is -0.801. The van der Waals surface area contributed by atoms with Crippen LogP contribution in [-0.4, -0.2) is 33.6 Å². The lowest BCUT2D eigenvalue weighted by Crippen LogP contribution is -2.14. The lowest BCUT2D eigenvalue weighted by molar-refractivity contribution is -0.385. The summed E-state index contributed by atoms with van der Waals surface area (Å²) < 4.78 is 0. The molecule has 0 spiro atoms. The Morgan fingerprint density at radius 3 is 2.75 bits per heavy atom. The second-order valence-electron chi connectivity index (χ2n) is 3.41. The lowest BCUT2D eigenvalue weighted by Gasteiger charge is -2.07. The molecular formula is C10H13NO4S. The number of nitro benzene ring substituents is 1. The number of aliphatic hydroxyl groups is 2. The Morgan fingerprint density at radius 1 is 1.50 bits per heavy atom. The van der Waals surface area contributed by atoms with Crippen molar-refractivity contribution >= 4 is 17.4 Å². The quantitative estimate of drug-likeness (QED) is 0.463. The number of hydrogen-bond acceptors (Lipinski definition) is 5. The molecule has 1 aromatic carbocycles. The maximum absolute atomic E-state index is 10.6. The first kappa shape index (κ1) is 13.0. The van der Waals surface area contributed by atoms with Gasteiger partial charge in [-0.15, -0.1) is 11.8 Å². The molecule has 0 radical (unpaired) electrons. The number of non-ortho nitro benzene ring substituents is 1. The van der Waals surface area contributed by atoms with Crippen LogP contribution in [0, 0.1) is 17.0 Å². The van der Waals surface area contributed by atoms with Gasteiger partial charge in [0.1, 0.15) is 0 Å². The van der Waals surface area contributed by atoms with Crippen molar-refractivity contribution in [2.45, 2.75) is 17.9 Å². The maximum atomic E-state index is 10.6. The van der Waals surface area contributed by atoms with Gasteiger partial charge in [0.05, 0.1) is 17.6 Å². The van der Waals surface area contributed by atoms with Crippen molar-refractivity contribution in [3.05, 3.63) is 33.9 Å². The Balaban J connectivity index is 2.76. The maximum Gasteiger partial charge on any atom is 0.270 e. The van der Waals surface area contributed by atoms with Gasteiger partial charge in [-0.05, 0) is 18.6 Å². The van der Waals surface area contributed by atoms with E-state index in [-0.39, 0.29) is 12.3 Å². The molecule has 0 bridgehead atoms. The minimum atomic E-state index is -0.801. The van der Waals surface area contributed by atoms with E-state index in [1.165, 1.54) is 23.9 Å². The van der Waals surface area contributed by atoms with Gasteiger partial charge in [0.15, 0.2) is 0 Å². The first-order valence-corrected chi connectivity index (χ1v) is 5.69. The molecule has 0 aliphatic heterocycles. The molecule has 0 fully saturated rings. The van der Waals surface area contributed by atoms with Gasteiger partial charge in [0.25, 0.3) is 5.69 Å². The Morgan fingerprint density at radius 2 is 2.19 bits per heavy atom. The number of nitrogens with zero attached hydrogens (tertiary/aromatic N) is 1. The molecule has 1 atom stereocenters. The third-order valence-corrected chi connectivity index (χ3v) is 3.02. The van der Waals surface area contributed by atoms with Crippen molar-refractivity contribution in [2.24, 2.45) is 0 Å². The minimum absolute atomic E-state index is 0.0426. The molecule has 16 heavy (non-hydrogen) atoms. The second kappa shape index (κ2) is 5.83. The standard InChI is InChI=1S/C10H13NO4S/c1-7-2-8(11(14)15)4-10(3-7)16-6-9(13)5-12/h2-4,9,12-13H,5-6H2,1H3. The van der Waals surface area contributed by atoms with E-state index in [1.807, 2.05) is 6.07 Å². The van der Waals surface area contributed by atoms with Gasteiger partial charge in [-0.1, -0.05) is 0 Å². The smallest absolute Gasteiger partial charge is 0.270 e. The van der Waals surface area contributed by atoms with E-state index in [4.69, 9.17) is 10.2 Å². The lowest BCUT2D eigenvalue weighted by atomic mass is 10.2. The Hall–Kier alpha value is -1.11. The van der Waals surface area contributed by atoms with Gasteiger partial charge in [-0.2, -0.15) is 0 Å². The van der Waals surface area contributed by atoms with Crippen LogP contribution in [0.25, 0.3) is 0 Å². The fourth-order valence-corrected chi connectivity index (χ4v) is 2.13. The molecule has 5 nitrogen and oxygen atoms in total.